The highest BCUT2D eigenvalue weighted by Crippen LogP contribution is 2.15. The SMILES string of the molecule is Cl.O=C(CC1CSCCN1)NCc1ccc(OC(F)F)cc1. The third kappa shape index (κ3) is 6.81. The zero-order valence-corrected chi connectivity index (χ0v) is 13.5. The van der Waals surface area contributed by atoms with Gasteiger partial charge in [0.15, 0.2) is 0 Å². The van der Waals surface area contributed by atoms with E-state index in [1.165, 1.54) is 12.1 Å². The molecule has 2 N–H and O–H groups in total. The maximum atomic E-state index is 12.0. The van der Waals surface area contributed by atoms with Gasteiger partial charge in [-0.3, -0.25) is 4.79 Å². The van der Waals surface area contributed by atoms with E-state index in [1.807, 2.05) is 11.8 Å². The molecule has 0 aliphatic carbocycles. The number of hydrogen-bond acceptors (Lipinski definition) is 4. The van der Waals surface area contributed by atoms with E-state index in [0.29, 0.717) is 13.0 Å². The van der Waals surface area contributed by atoms with Crippen LogP contribution in [0.4, 0.5) is 8.78 Å². The highest BCUT2D eigenvalue weighted by Gasteiger charge is 2.16. The lowest BCUT2D eigenvalue weighted by Gasteiger charge is -2.22. The van der Waals surface area contributed by atoms with Crippen LogP contribution in [-0.2, 0) is 11.3 Å². The van der Waals surface area contributed by atoms with Crippen LogP contribution in [0.25, 0.3) is 0 Å². The molecule has 4 nitrogen and oxygen atoms in total. The molecule has 8 heteroatoms. The summed E-state index contributed by atoms with van der Waals surface area (Å²) in [6.07, 6.45) is 0.458. The number of thioether (sulfide) groups is 1. The van der Waals surface area contributed by atoms with Crippen LogP contribution in [0.15, 0.2) is 24.3 Å². The molecule has 1 aliphatic rings. The van der Waals surface area contributed by atoms with Crippen LogP contribution in [0.3, 0.4) is 0 Å². The Hall–Kier alpha value is -1.05. The predicted octanol–water partition coefficient (Wildman–Crippen LogP) is 2.42. The van der Waals surface area contributed by atoms with Crippen molar-refractivity contribution in [2.24, 2.45) is 0 Å². The zero-order valence-electron chi connectivity index (χ0n) is 11.9. The topological polar surface area (TPSA) is 50.4 Å². The molecule has 1 amide bonds. The fraction of sp³-hybridized carbons (Fsp3) is 0.500. The monoisotopic (exact) mass is 352 g/mol. The number of hydrogen-bond donors (Lipinski definition) is 2. The lowest BCUT2D eigenvalue weighted by Crippen LogP contribution is -2.41. The molecule has 1 saturated heterocycles. The van der Waals surface area contributed by atoms with Crippen molar-refractivity contribution in [1.82, 2.24) is 10.6 Å². The van der Waals surface area contributed by atoms with Crippen molar-refractivity contribution in [3.63, 3.8) is 0 Å². The summed E-state index contributed by atoms with van der Waals surface area (Å²) in [5, 5.41) is 6.13. The average Bonchev–Trinajstić information content (AvgIpc) is 2.47. The van der Waals surface area contributed by atoms with E-state index in [9.17, 15) is 13.6 Å². The van der Waals surface area contributed by atoms with Gasteiger partial charge in [-0.15, -0.1) is 12.4 Å². The average molecular weight is 353 g/mol. The molecular formula is C14H19ClF2N2O2S. The van der Waals surface area contributed by atoms with Gasteiger partial charge in [0, 0.05) is 37.1 Å². The summed E-state index contributed by atoms with van der Waals surface area (Å²) in [5.74, 6) is 2.14. The smallest absolute Gasteiger partial charge is 0.387 e. The highest BCUT2D eigenvalue weighted by molar-refractivity contribution is 7.99. The molecule has 0 bridgehead atoms. The summed E-state index contributed by atoms with van der Waals surface area (Å²) in [7, 11) is 0. The fourth-order valence-electron chi connectivity index (χ4n) is 2.04. The third-order valence-electron chi connectivity index (χ3n) is 3.07. The quantitative estimate of drug-likeness (QED) is 0.825. The van der Waals surface area contributed by atoms with Crippen LogP contribution in [0.1, 0.15) is 12.0 Å². The van der Waals surface area contributed by atoms with Crippen LogP contribution in [-0.4, -0.2) is 36.6 Å². The van der Waals surface area contributed by atoms with Crippen LogP contribution in [0.2, 0.25) is 0 Å². The molecule has 124 valence electrons. The number of carbonyl (C=O) groups is 1. The van der Waals surface area contributed by atoms with E-state index < -0.39 is 6.61 Å². The minimum Gasteiger partial charge on any atom is -0.435 e. The largest absolute Gasteiger partial charge is 0.435 e. The van der Waals surface area contributed by atoms with Crippen molar-refractivity contribution in [3.8, 4) is 5.75 Å². The molecule has 0 saturated carbocycles. The Balaban J connectivity index is 0.00000242. The van der Waals surface area contributed by atoms with Gasteiger partial charge in [-0.1, -0.05) is 12.1 Å². The van der Waals surface area contributed by atoms with Gasteiger partial charge in [-0.2, -0.15) is 20.5 Å². The molecule has 1 aliphatic heterocycles. The molecule has 1 unspecified atom stereocenters. The van der Waals surface area contributed by atoms with E-state index in [4.69, 9.17) is 0 Å². The number of amides is 1. The van der Waals surface area contributed by atoms with Crippen molar-refractivity contribution >= 4 is 30.1 Å². The summed E-state index contributed by atoms with van der Waals surface area (Å²) >= 11 is 1.85. The van der Waals surface area contributed by atoms with Gasteiger partial charge in [0.25, 0.3) is 0 Å². The first kappa shape index (κ1) is 19.0. The summed E-state index contributed by atoms with van der Waals surface area (Å²) in [6.45, 7) is -1.50. The Bertz CT molecular complexity index is 457. The molecule has 22 heavy (non-hydrogen) atoms. The number of rotatable bonds is 6. The van der Waals surface area contributed by atoms with Crippen LogP contribution in [0, 0.1) is 0 Å². The Morgan fingerprint density at radius 2 is 2.14 bits per heavy atom. The summed E-state index contributed by atoms with van der Waals surface area (Å²) in [6, 6.07) is 6.48. The lowest BCUT2D eigenvalue weighted by atomic mass is 10.2. The number of alkyl halides is 2. The minimum atomic E-state index is -2.82. The number of halogens is 3. The molecule has 1 aromatic rings. The second-order valence-electron chi connectivity index (χ2n) is 4.73. The second-order valence-corrected chi connectivity index (χ2v) is 5.88. The van der Waals surface area contributed by atoms with Crippen molar-refractivity contribution < 1.29 is 18.3 Å². The van der Waals surface area contributed by atoms with Gasteiger partial charge in [-0.25, -0.2) is 0 Å². The van der Waals surface area contributed by atoms with E-state index in [2.05, 4.69) is 15.4 Å². The predicted molar refractivity (Wildman–Crippen MR) is 85.9 cm³/mol. The zero-order chi connectivity index (χ0) is 15.1. The first-order chi connectivity index (χ1) is 10.1. The van der Waals surface area contributed by atoms with Gasteiger partial charge in [0.1, 0.15) is 5.75 Å². The number of nitrogens with one attached hydrogen (secondary N) is 2. The molecule has 0 spiro atoms. The van der Waals surface area contributed by atoms with Crippen molar-refractivity contribution in [1.29, 1.82) is 0 Å². The molecule has 1 fully saturated rings. The highest BCUT2D eigenvalue weighted by atomic mass is 35.5. The summed E-state index contributed by atoms with van der Waals surface area (Å²) in [4.78, 5) is 11.8. The Morgan fingerprint density at radius 3 is 2.73 bits per heavy atom. The van der Waals surface area contributed by atoms with Crippen molar-refractivity contribution in [2.75, 3.05) is 18.1 Å². The number of ether oxygens (including phenoxy) is 1. The first-order valence-electron chi connectivity index (χ1n) is 6.75. The van der Waals surface area contributed by atoms with Crippen LogP contribution in [0.5, 0.6) is 5.75 Å². The summed E-state index contributed by atoms with van der Waals surface area (Å²) in [5.41, 5.74) is 0.843. The van der Waals surface area contributed by atoms with Gasteiger partial charge in [0.05, 0.1) is 0 Å². The Morgan fingerprint density at radius 1 is 1.41 bits per heavy atom. The van der Waals surface area contributed by atoms with Crippen molar-refractivity contribution in [2.45, 2.75) is 25.6 Å². The van der Waals surface area contributed by atoms with Gasteiger partial charge in [0.2, 0.25) is 5.91 Å². The Kier molecular flexibility index (Phi) is 8.52. The van der Waals surface area contributed by atoms with Crippen LogP contribution >= 0.6 is 24.2 Å². The van der Waals surface area contributed by atoms with Gasteiger partial charge in [-0.05, 0) is 17.7 Å². The Labute approximate surface area is 138 Å². The van der Waals surface area contributed by atoms with Crippen molar-refractivity contribution in [3.05, 3.63) is 29.8 Å². The molecule has 0 aromatic heterocycles. The van der Waals surface area contributed by atoms with E-state index in [1.54, 1.807) is 12.1 Å². The standard InChI is InChI=1S/C14H18F2N2O2S.ClH/c15-14(16)20-12-3-1-10(2-4-12)8-18-13(19)7-11-9-21-6-5-17-11;/h1-4,11,14,17H,5-9H2,(H,18,19);1H. The molecule has 1 atom stereocenters. The normalized spacial score (nSPS) is 17.7. The van der Waals surface area contributed by atoms with Gasteiger partial charge >= 0.3 is 6.61 Å². The molecule has 0 radical (unpaired) electrons. The van der Waals surface area contributed by atoms with E-state index in [0.717, 1.165) is 23.6 Å². The van der Waals surface area contributed by atoms with E-state index in [-0.39, 0.29) is 30.1 Å². The minimum absolute atomic E-state index is 0. The van der Waals surface area contributed by atoms with Gasteiger partial charge < -0.3 is 15.4 Å². The fourth-order valence-corrected chi connectivity index (χ4v) is 2.99. The molecule has 1 aromatic carbocycles. The molecular weight excluding hydrogens is 334 g/mol. The molecule has 2 rings (SSSR count). The number of carbonyl (C=O) groups excluding carboxylic acids is 1. The summed E-state index contributed by atoms with van der Waals surface area (Å²) < 4.78 is 28.3. The maximum absolute atomic E-state index is 12.0. The third-order valence-corrected chi connectivity index (χ3v) is 4.20. The van der Waals surface area contributed by atoms with E-state index >= 15 is 0 Å². The first-order valence-corrected chi connectivity index (χ1v) is 7.90. The molecule has 1 heterocycles. The lowest BCUT2D eigenvalue weighted by molar-refractivity contribution is -0.121. The maximum Gasteiger partial charge on any atom is 0.387 e. The second kappa shape index (κ2) is 9.86. The number of benzene rings is 1. The van der Waals surface area contributed by atoms with Crippen LogP contribution < -0.4 is 15.4 Å².